The van der Waals surface area contributed by atoms with Crippen LogP contribution in [0.5, 0.6) is 0 Å². The molecule has 0 radical (unpaired) electrons. The first-order valence-electron chi connectivity index (χ1n) is 4.59. The second-order valence-corrected chi connectivity index (χ2v) is 3.67. The van der Waals surface area contributed by atoms with Crippen molar-refractivity contribution in [3.8, 4) is 0 Å². The summed E-state index contributed by atoms with van der Waals surface area (Å²) in [6, 6.07) is 4.38. The van der Waals surface area contributed by atoms with Crippen LogP contribution in [0.1, 0.15) is 18.1 Å². The van der Waals surface area contributed by atoms with Crippen molar-refractivity contribution in [2.45, 2.75) is 26.3 Å². The van der Waals surface area contributed by atoms with Crippen LogP contribution in [-0.2, 0) is 18.0 Å². The molecule has 1 aromatic rings. The summed E-state index contributed by atoms with van der Waals surface area (Å²) >= 11 is 0. The molecule has 2 heterocycles. The van der Waals surface area contributed by atoms with E-state index in [-0.39, 0.29) is 0 Å². The quantitative estimate of drug-likeness (QED) is 0.633. The summed E-state index contributed by atoms with van der Waals surface area (Å²) in [6.45, 7) is 3.64. The van der Waals surface area contributed by atoms with E-state index in [0.717, 1.165) is 13.2 Å². The summed E-state index contributed by atoms with van der Waals surface area (Å²) in [7, 11) is 0. The third-order valence-corrected chi connectivity index (χ3v) is 2.60. The van der Waals surface area contributed by atoms with Crippen LogP contribution in [0.3, 0.4) is 0 Å². The van der Waals surface area contributed by atoms with E-state index in [2.05, 4.69) is 29.7 Å². The van der Waals surface area contributed by atoms with Crippen molar-refractivity contribution in [2.24, 2.45) is 0 Å². The van der Waals surface area contributed by atoms with Crippen molar-refractivity contribution in [1.82, 2.24) is 0 Å². The molecule has 0 unspecified atom stereocenters. The molecule has 3 nitrogen and oxygen atoms in total. The fraction of sp³-hybridized carbons (Fsp3) is 0.400. The second kappa shape index (κ2) is 2.39. The van der Waals surface area contributed by atoms with Crippen molar-refractivity contribution in [3.63, 3.8) is 0 Å². The highest BCUT2D eigenvalue weighted by Crippen LogP contribution is 2.34. The minimum Gasteiger partial charge on any atom is -0.372 e. The maximum absolute atomic E-state index is 5.36. The lowest BCUT2D eigenvalue weighted by Gasteiger charge is -2.01. The first-order valence-corrected chi connectivity index (χ1v) is 4.59. The standard InChI is InChI=1S/C10H12N2O/c1-6-11-9-2-7-4-13-5-8(7)3-10(9)12-6/h2-3,6,11-12H,4-5H2,1H3. The monoisotopic (exact) mass is 176 g/mol. The molecule has 0 amide bonds. The zero-order chi connectivity index (χ0) is 8.84. The van der Waals surface area contributed by atoms with Gasteiger partial charge in [0.1, 0.15) is 0 Å². The van der Waals surface area contributed by atoms with E-state index in [4.69, 9.17) is 4.74 Å². The van der Waals surface area contributed by atoms with Crippen LogP contribution in [0.15, 0.2) is 12.1 Å². The summed E-state index contributed by atoms with van der Waals surface area (Å²) in [5.74, 6) is 0. The van der Waals surface area contributed by atoms with E-state index in [9.17, 15) is 0 Å². The van der Waals surface area contributed by atoms with E-state index in [0.29, 0.717) is 6.17 Å². The summed E-state index contributed by atoms with van der Waals surface area (Å²) in [6.07, 6.45) is 0.346. The number of hydrogen-bond donors (Lipinski definition) is 2. The molecule has 0 bridgehead atoms. The fourth-order valence-electron chi connectivity index (χ4n) is 1.97. The SMILES string of the molecule is CC1Nc2cc3c(cc2N1)COC3. The third-order valence-electron chi connectivity index (χ3n) is 2.60. The van der Waals surface area contributed by atoms with Crippen LogP contribution in [0.4, 0.5) is 11.4 Å². The molecule has 0 fully saturated rings. The average molecular weight is 176 g/mol. The highest BCUT2D eigenvalue weighted by Gasteiger charge is 2.20. The van der Waals surface area contributed by atoms with Crippen LogP contribution in [0.25, 0.3) is 0 Å². The Kier molecular flexibility index (Phi) is 1.32. The second-order valence-electron chi connectivity index (χ2n) is 3.67. The zero-order valence-electron chi connectivity index (χ0n) is 7.55. The van der Waals surface area contributed by atoms with Gasteiger partial charge in [0.2, 0.25) is 0 Å². The molecule has 2 aliphatic heterocycles. The van der Waals surface area contributed by atoms with Gasteiger partial charge in [-0.25, -0.2) is 0 Å². The van der Waals surface area contributed by atoms with E-state index in [1.165, 1.54) is 22.5 Å². The number of nitrogens with one attached hydrogen (secondary N) is 2. The van der Waals surface area contributed by atoms with Gasteiger partial charge in [-0.15, -0.1) is 0 Å². The summed E-state index contributed by atoms with van der Waals surface area (Å²) in [4.78, 5) is 0. The topological polar surface area (TPSA) is 33.3 Å². The Balaban J connectivity index is 2.10. The summed E-state index contributed by atoms with van der Waals surface area (Å²) in [5.41, 5.74) is 5.05. The van der Waals surface area contributed by atoms with Crippen molar-refractivity contribution in [3.05, 3.63) is 23.3 Å². The first-order chi connectivity index (χ1) is 6.33. The molecule has 0 atom stereocenters. The van der Waals surface area contributed by atoms with Crippen molar-refractivity contribution < 1.29 is 4.74 Å². The molecule has 3 heteroatoms. The minimum absolute atomic E-state index is 0.346. The Morgan fingerprint density at radius 3 is 2.23 bits per heavy atom. The minimum atomic E-state index is 0.346. The number of benzene rings is 1. The van der Waals surface area contributed by atoms with Crippen LogP contribution in [-0.4, -0.2) is 6.17 Å². The number of rotatable bonds is 0. The predicted molar refractivity (Wildman–Crippen MR) is 51.6 cm³/mol. The molecule has 2 N–H and O–H groups in total. The van der Waals surface area contributed by atoms with Gasteiger partial charge in [-0.1, -0.05) is 0 Å². The molecule has 0 saturated carbocycles. The van der Waals surface area contributed by atoms with Gasteiger partial charge in [-0.05, 0) is 30.2 Å². The molecule has 1 aromatic carbocycles. The normalized spacial score (nSPS) is 19.2. The molecule has 2 aliphatic rings. The molecule has 0 spiro atoms. The van der Waals surface area contributed by atoms with Gasteiger partial charge in [0.15, 0.2) is 0 Å². The van der Waals surface area contributed by atoms with Crippen LogP contribution < -0.4 is 10.6 Å². The number of hydrogen-bond acceptors (Lipinski definition) is 3. The van der Waals surface area contributed by atoms with E-state index in [1.54, 1.807) is 0 Å². The van der Waals surface area contributed by atoms with Gasteiger partial charge in [0.25, 0.3) is 0 Å². The van der Waals surface area contributed by atoms with Gasteiger partial charge in [-0.3, -0.25) is 0 Å². The van der Waals surface area contributed by atoms with E-state index in [1.807, 2.05) is 0 Å². The molecule has 13 heavy (non-hydrogen) atoms. The maximum atomic E-state index is 5.36. The van der Waals surface area contributed by atoms with Crippen molar-refractivity contribution >= 4 is 11.4 Å². The van der Waals surface area contributed by atoms with Crippen LogP contribution in [0, 0.1) is 0 Å². The van der Waals surface area contributed by atoms with Crippen LogP contribution >= 0.6 is 0 Å². The average Bonchev–Trinajstić information content (AvgIpc) is 2.63. The fourth-order valence-corrected chi connectivity index (χ4v) is 1.97. The number of anilines is 2. The highest BCUT2D eigenvalue weighted by atomic mass is 16.5. The lowest BCUT2D eigenvalue weighted by Crippen LogP contribution is -2.16. The molecule has 0 saturated heterocycles. The Morgan fingerprint density at radius 2 is 1.69 bits per heavy atom. The molecule has 0 aromatic heterocycles. The molecule has 68 valence electrons. The predicted octanol–water partition coefficient (Wildman–Crippen LogP) is 1.90. The lowest BCUT2D eigenvalue weighted by molar-refractivity contribution is 0.134. The Bertz CT molecular complexity index is 329. The summed E-state index contributed by atoms with van der Waals surface area (Å²) < 4.78 is 5.36. The number of ether oxygens (including phenoxy) is 1. The van der Waals surface area contributed by atoms with Gasteiger partial charge < -0.3 is 15.4 Å². The smallest absolute Gasteiger partial charge is 0.0935 e. The van der Waals surface area contributed by atoms with Crippen molar-refractivity contribution in [2.75, 3.05) is 10.6 Å². The van der Waals surface area contributed by atoms with E-state index >= 15 is 0 Å². The first kappa shape index (κ1) is 7.21. The van der Waals surface area contributed by atoms with Gasteiger partial charge in [-0.2, -0.15) is 0 Å². The maximum Gasteiger partial charge on any atom is 0.0935 e. The highest BCUT2D eigenvalue weighted by molar-refractivity contribution is 5.76. The lowest BCUT2D eigenvalue weighted by atomic mass is 10.1. The van der Waals surface area contributed by atoms with E-state index < -0.39 is 0 Å². The third kappa shape index (κ3) is 1.00. The van der Waals surface area contributed by atoms with Crippen molar-refractivity contribution in [1.29, 1.82) is 0 Å². The summed E-state index contributed by atoms with van der Waals surface area (Å²) in [5, 5.41) is 6.72. The Labute approximate surface area is 77.1 Å². The van der Waals surface area contributed by atoms with Gasteiger partial charge in [0, 0.05) is 0 Å². The Hall–Kier alpha value is -1.22. The molecular weight excluding hydrogens is 164 g/mol. The Morgan fingerprint density at radius 1 is 1.15 bits per heavy atom. The zero-order valence-corrected chi connectivity index (χ0v) is 7.55. The van der Waals surface area contributed by atoms with Gasteiger partial charge >= 0.3 is 0 Å². The molecular formula is C10H12N2O. The number of fused-ring (bicyclic) bond motifs is 2. The molecule has 0 aliphatic carbocycles. The largest absolute Gasteiger partial charge is 0.372 e. The molecule has 3 rings (SSSR count). The van der Waals surface area contributed by atoms with Gasteiger partial charge in [0.05, 0.1) is 30.8 Å². The van der Waals surface area contributed by atoms with Crippen LogP contribution in [0.2, 0.25) is 0 Å².